The summed E-state index contributed by atoms with van der Waals surface area (Å²) >= 11 is 0. The molecule has 4 heteroatoms. The quantitative estimate of drug-likeness (QED) is 0.806. The SMILES string of the molecule is CC(C)N(CC1CC1)c1nc(CNC2CC2)co1. The van der Waals surface area contributed by atoms with Gasteiger partial charge in [0.2, 0.25) is 0 Å². The minimum Gasteiger partial charge on any atom is -0.432 e. The average molecular weight is 249 g/mol. The lowest BCUT2D eigenvalue weighted by molar-refractivity contribution is 0.502. The molecular weight excluding hydrogens is 226 g/mol. The first-order chi connectivity index (χ1) is 8.72. The van der Waals surface area contributed by atoms with Gasteiger partial charge in [0.05, 0.1) is 5.69 Å². The van der Waals surface area contributed by atoms with Gasteiger partial charge in [-0.05, 0) is 45.4 Å². The van der Waals surface area contributed by atoms with Crippen molar-refractivity contribution in [1.82, 2.24) is 10.3 Å². The van der Waals surface area contributed by atoms with Crippen LogP contribution in [0.4, 0.5) is 6.01 Å². The third-order valence-corrected chi connectivity index (χ3v) is 3.71. The highest BCUT2D eigenvalue weighted by Crippen LogP contribution is 2.32. The molecule has 1 heterocycles. The number of oxazole rings is 1. The lowest BCUT2D eigenvalue weighted by Gasteiger charge is -2.24. The number of hydrogen-bond donors (Lipinski definition) is 1. The van der Waals surface area contributed by atoms with E-state index in [0.717, 1.165) is 36.8 Å². The van der Waals surface area contributed by atoms with Crippen LogP contribution in [0.1, 0.15) is 45.2 Å². The van der Waals surface area contributed by atoms with Crippen molar-refractivity contribution in [2.75, 3.05) is 11.4 Å². The van der Waals surface area contributed by atoms with Crippen molar-refractivity contribution in [1.29, 1.82) is 0 Å². The summed E-state index contributed by atoms with van der Waals surface area (Å²) in [7, 11) is 0. The normalized spacial score (nSPS) is 19.5. The maximum absolute atomic E-state index is 5.64. The van der Waals surface area contributed by atoms with Gasteiger partial charge in [0.1, 0.15) is 6.26 Å². The van der Waals surface area contributed by atoms with Gasteiger partial charge < -0.3 is 14.6 Å². The van der Waals surface area contributed by atoms with Crippen LogP contribution in [0.15, 0.2) is 10.7 Å². The van der Waals surface area contributed by atoms with Crippen LogP contribution in [0, 0.1) is 5.92 Å². The van der Waals surface area contributed by atoms with Crippen LogP contribution in [0.2, 0.25) is 0 Å². The van der Waals surface area contributed by atoms with Gasteiger partial charge in [-0.15, -0.1) is 0 Å². The van der Waals surface area contributed by atoms with E-state index in [4.69, 9.17) is 4.42 Å². The summed E-state index contributed by atoms with van der Waals surface area (Å²) < 4.78 is 5.64. The monoisotopic (exact) mass is 249 g/mol. The van der Waals surface area contributed by atoms with Gasteiger partial charge in [0, 0.05) is 25.2 Å². The van der Waals surface area contributed by atoms with Crippen LogP contribution in [0.5, 0.6) is 0 Å². The van der Waals surface area contributed by atoms with Crippen LogP contribution < -0.4 is 10.2 Å². The summed E-state index contributed by atoms with van der Waals surface area (Å²) in [5.41, 5.74) is 1.03. The predicted octanol–water partition coefficient (Wildman–Crippen LogP) is 2.55. The summed E-state index contributed by atoms with van der Waals surface area (Å²) in [6, 6.07) is 1.97. The number of rotatable bonds is 7. The lowest BCUT2D eigenvalue weighted by Crippen LogP contribution is -2.33. The molecule has 4 nitrogen and oxygen atoms in total. The second-order valence-electron chi connectivity index (χ2n) is 5.97. The molecule has 0 amide bonds. The Morgan fingerprint density at radius 3 is 2.78 bits per heavy atom. The minimum absolute atomic E-state index is 0.452. The third-order valence-electron chi connectivity index (χ3n) is 3.71. The van der Waals surface area contributed by atoms with Crippen molar-refractivity contribution in [3.63, 3.8) is 0 Å². The fraction of sp³-hybridized carbons (Fsp3) is 0.786. The largest absolute Gasteiger partial charge is 0.432 e. The van der Waals surface area contributed by atoms with Gasteiger partial charge in [-0.3, -0.25) is 0 Å². The Kier molecular flexibility index (Phi) is 3.29. The standard InChI is InChI=1S/C14H23N3O/c1-10(2)17(8-11-3-4-11)14-16-13(9-18-14)7-15-12-5-6-12/h9-12,15H,3-8H2,1-2H3. The molecule has 1 N–H and O–H groups in total. The predicted molar refractivity (Wildman–Crippen MR) is 71.6 cm³/mol. The maximum Gasteiger partial charge on any atom is 0.297 e. The number of nitrogens with zero attached hydrogens (tertiary/aromatic N) is 2. The van der Waals surface area contributed by atoms with Crippen molar-refractivity contribution in [3.8, 4) is 0 Å². The number of hydrogen-bond acceptors (Lipinski definition) is 4. The molecule has 3 rings (SSSR count). The van der Waals surface area contributed by atoms with Crippen molar-refractivity contribution in [2.24, 2.45) is 5.92 Å². The molecule has 18 heavy (non-hydrogen) atoms. The number of anilines is 1. The van der Waals surface area contributed by atoms with E-state index in [1.165, 1.54) is 25.7 Å². The first-order valence-electron chi connectivity index (χ1n) is 7.17. The molecule has 0 atom stereocenters. The Morgan fingerprint density at radius 2 is 2.17 bits per heavy atom. The third kappa shape index (κ3) is 3.05. The van der Waals surface area contributed by atoms with Crippen molar-refractivity contribution in [2.45, 2.75) is 58.2 Å². The van der Waals surface area contributed by atoms with E-state index < -0.39 is 0 Å². The first kappa shape index (κ1) is 12.0. The lowest BCUT2D eigenvalue weighted by atomic mass is 10.3. The number of aromatic nitrogens is 1. The summed E-state index contributed by atoms with van der Waals surface area (Å²) in [6.45, 7) is 6.33. The van der Waals surface area contributed by atoms with Crippen LogP contribution >= 0.6 is 0 Å². The van der Waals surface area contributed by atoms with E-state index in [1.54, 1.807) is 6.26 Å². The van der Waals surface area contributed by atoms with Crippen molar-refractivity contribution < 1.29 is 4.42 Å². The molecule has 0 spiro atoms. The van der Waals surface area contributed by atoms with Crippen LogP contribution in [0.3, 0.4) is 0 Å². The molecule has 2 fully saturated rings. The Balaban J connectivity index is 1.60. The molecule has 0 aromatic carbocycles. The molecule has 0 aliphatic heterocycles. The molecule has 100 valence electrons. The van der Waals surface area contributed by atoms with E-state index in [1.807, 2.05) is 0 Å². The molecule has 2 aliphatic rings. The second kappa shape index (κ2) is 4.92. The molecule has 1 aromatic heterocycles. The highest BCUT2D eigenvalue weighted by molar-refractivity contribution is 5.29. The fourth-order valence-electron chi connectivity index (χ4n) is 2.13. The van der Waals surface area contributed by atoms with Gasteiger partial charge in [-0.25, -0.2) is 0 Å². The van der Waals surface area contributed by atoms with Gasteiger partial charge in [-0.2, -0.15) is 4.98 Å². The molecule has 0 saturated heterocycles. The Bertz CT molecular complexity index is 393. The minimum atomic E-state index is 0.452. The van der Waals surface area contributed by atoms with Gasteiger partial charge >= 0.3 is 0 Å². The van der Waals surface area contributed by atoms with E-state index in [-0.39, 0.29) is 0 Å². The molecular formula is C14H23N3O. The second-order valence-corrected chi connectivity index (χ2v) is 5.97. The summed E-state index contributed by atoms with van der Waals surface area (Å²) in [5.74, 6) is 0.854. The summed E-state index contributed by atoms with van der Waals surface area (Å²) in [4.78, 5) is 6.90. The smallest absolute Gasteiger partial charge is 0.297 e. The van der Waals surface area contributed by atoms with Crippen molar-refractivity contribution in [3.05, 3.63) is 12.0 Å². The summed E-state index contributed by atoms with van der Waals surface area (Å²) in [6.07, 6.45) is 7.14. The fourth-order valence-corrected chi connectivity index (χ4v) is 2.13. The Hall–Kier alpha value is -1.03. The Labute approximate surface area is 109 Å². The first-order valence-corrected chi connectivity index (χ1v) is 7.17. The highest BCUT2D eigenvalue weighted by Gasteiger charge is 2.28. The van der Waals surface area contributed by atoms with Crippen LogP contribution in [0.25, 0.3) is 0 Å². The molecule has 0 radical (unpaired) electrons. The zero-order valence-electron chi connectivity index (χ0n) is 11.4. The zero-order valence-corrected chi connectivity index (χ0v) is 11.4. The van der Waals surface area contributed by atoms with E-state index in [2.05, 4.69) is 29.0 Å². The molecule has 2 saturated carbocycles. The van der Waals surface area contributed by atoms with Gasteiger partial charge in [0.25, 0.3) is 6.01 Å². The topological polar surface area (TPSA) is 41.3 Å². The summed E-state index contributed by atoms with van der Waals surface area (Å²) in [5, 5.41) is 3.47. The zero-order chi connectivity index (χ0) is 12.5. The molecule has 2 aliphatic carbocycles. The molecule has 0 bridgehead atoms. The highest BCUT2D eigenvalue weighted by atomic mass is 16.4. The van der Waals surface area contributed by atoms with E-state index >= 15 is 0 Å². The number of nitrogens with one attached hydrogen (secondary N) is 1. The van der Waals surface area contributed by atoms with Crippen LogP contribution in [-0.2, 0) is 6.54 Å². The van der Waals surface area contributed by atoms with Crippen LogP contribution in [-0.4, -0.2) is 23.6 Å². The molecule has 1 aromatic rings. The van der Waals surface area contributed by atoms with Gasteiger partial charge in [-0.1, -0.05) is 0 Å². The van der Waals surface area contributed by atoms with E-state index in [0.29, 0.717) is 6.04 Å². The van der Waals surface area contributed by atoms with E-state index in [9.17, 15) is 0 Å². The molecule has 0 unspecified atom stereocenters. The van der Waals surface area contributed by atoms with Crippen molar-refractivity contribution >= 4 is 6.01 Å². The average Bonchev–Trinajstić information content (AvgIpc) is 3.25. The Morgan fingerprint density at radius 1 is 1.39 bits per heavy atom. The van der Waals surface area contributed by atoms with Gasteiger partial charge in [0.15, 0.2) is 0 Å². The maximum atomic E-state index is 5.64.